The van der Waals surface area contributed by atoms with Gasteiger partial charge in [-0.1, -0.05) is 0 Å². The van der Waals surface area contributed by atoms with E-state index in [1.54, 1.807) is 7.11 Å². The SMILES string of the molecule is COCC[n+]1[nH]c(C)c(N=O)c1C. The highest BCUT2D eigenvalue weighted by molar-refractivity contribution is 5.42. The van der Waals surface area contributed by atoms with Crippen LogP contribution in [0.2, 0.25) is 0 Å². The Labute approximate surface area is 76.7 Å². The van der Waals surface area contributed by atoms with Crippen LogP contribution in [-0.4, -0.2) is 18.8 Å². The minimum Gasteiger partial charge on any atom is -0.378 e. The molecular formula is C8H14N3O2+. The lowest BCUT2D eigenvalue weighted by Crippen LogP contribution is -2.40. The first-order valence-electron chi connectivity index (χ1n) is 4.12. The van der Waals surface area contributed by atoms with Gasteiger partial charge in [-0.2, -0.15) is 5.10 Å². The molecule has 0 aliphatic rings. The van der Waals surface area contributed by atoms with Crippen LogP contribution in [0.1, 0.15) is 11.4 Å². The molecule has 1 rings (SSSR count). The van der Waals surface area contributed by atoms with Crippen molar-refractivity contribution in [2.24, 2.45) is 5.18 Å². The minimum atomic E-state index is 0.496. The van der Waals surface area contributed by atoms with Crippen molar-refractivity contribution in [3.05, 3.63) is 16.3 Å². The van der Waals surface area contributed by atoms with Crippen LogP contribution in [-0.2, 0) is 11.3 Å². The molecular weight excluding hydrogens is 170 g/mol. The summed E-state index contributed by atoms with van der Waals surface area (Å²) in [6.07, 6.45) is 0. The molecule has 0 aliphatic heterocycles. The van der Waals surface area contributed by atoms with E-state index >= 15 is 0 Å². The molecule has 1 heterocycles. The Hall–Kier alpha value is -1.23. The molecule has 0 aromatic carbocycles. The topological polar surface area (TPSA) is 58.3 Å². The number of methoxy groups -OCH3 is 1. The standard InChI is InChI=1S/C8H13N3O2/c1-6-8(10-12)7(2)11(9-6)4-5-13-3/h4-5H2,1-3H3/p+1. The molecule has 72 valence electrons. The predicted molar refractivity (Wildman–Crippen MR) is 47.8 cm³/mol. The van der Waals surface area contributed by atoms with Gasteiger partial charge in [0.15, 0.2) is 6.54 Å². The lowest BCUT2D eigenvalue weighted by molar-refractivity contribution is -0.756. The van der Waals surface area contributed by atoms with Crippen LogP contribution in [0.15, 0.2) is 5.18 Å². The number of aromatic nitrogens is 2. The number of nitrogens with zero attached hydrogens (tertiary/aromatic N) is 2. The molecule has 1 N–H and O–H groups in total. The molecule has 0 amide bonds. The molecule has 0 atom stereocenters. The van der Waals surface area contributed by atoms with Gasteiger partial charge in [0.2, 0.25) is 11.4 Å². The molecule has 0 aliphatic carbocycles. The van der Waals surface area contributed by atoms with E-state index < -0.39 is 0 Å². The summed E-state index contributed by atoms with van der Waals surface area (Å²) in [7, 11) is 1.64. The maximum absolute atomic E-state index is 10.4. The fourth-order valence-corrected chi connectivity index (χ4v) is 1.28. The summed E-state index contributed by atoms with van der Waals surface area (Å²) in [5.74, 6) is 0. The van der Waals surface area contributed by atoms with Crippen molar-refractivity contribution in [1.82, 2.24) is 5.10 Å². The van der Waals surface area contributed by atoms with Gasteiger partial charge in [-0.3, -0.25) is 0 Å². The maximum Gasteiger partial charge on any atom is 0.234 e. The molecule has 1 aromatic heterocycles. The second kappa shape index (κ2) is 4.13. The van der Waals surface area contributed by atoms with Crippen LogP contribution in [0.4, 0.5) is 5.69 Å². The smallest absolute Gasteiger partial charge is 0.234 e. The Balaban J connectivity index is 2.90. The number of hydrogen-bond acceptors (Lipinski definition) is 3. The minimum absolute atomic E-state index is 0.496. The number of ether oxygens (including phenoxy) is 1. The summed E-state index contributed by atoms with van der Waals surface area (Å²) in [6, 6.07) is 0. The first kappa shape index (κ1) is 9.85. The zero-order valence-electron chi connectivity index (χ0n) is 8.13. The molecule has 0 fully saturated rings. The average molecular weight is 184 g/mol. The Bertz CT molecular complexity index is 307. The number of hydrogen-bond donors (Lipinski definition) is 1. The Morgan fingerprint density at radius 2 is 2.23 bits per heavy atom. The van der Waals surface area contributed by atoms with E-state index in [4.69, 9.17) is 4.74 Å². The lowest BCUT2D eigenvalue weighted by atomic mass is 10.3. The normalized spacial score (nSPS) is 10.4. The Morgan fingerprint density at radius 3 is 2.69 bits per heavy atom. The number of nitroso groups, excluding NO2 is 1. The third kappa shape index (κ3) is 1.92. The molecule has 0 bridgehead atoms. The number of H-pyrrole nitrogens is 1. The van der Waals surface area contributed by atoms with Crippen molar-refractivity contribution in [1.29, 1.82) is 0 Å². The van der Waals surface area contributed by atoms with Gasteiger partial charge in [0, 0.05) is 14.0 Å². The third-order valence-electron chi connectivity index (χ3n) is 2.02. The zero-order chi connectivity index (χ0) is 9.84. The maximum atomic E-state index is 10.4. The van der Waals surface area contributed by atoms with E-state index in [0.717, 1.165) is 11.4 Å². The molecule has 0 unspecified atom stereocenters. The Kier molecular flexibility index (Phi) is 3.13. The van der Waals surface area contributed by atoms with Crippen molar-refractivity contribution in [2.75, 3.05) is 13.7 Å². The number of aryl methyl sites for hydroxylation is 1. The van der Waals surface area contributed by atoms with Gasteiger partial charge in [-0.05, 0) is 12.1 Å². The number of rotatable bonds is 4. The summed E-state index contributed by atoms with van der Waals surface area (Å²) >= 11 is 0. The van der Waals surface area contributed by atoms with Crippen LogP contribution < -0.4 is 4.68 Å². The van der Waals surface area contributed by atoms with Gasteiger partial charge in [0.05, 0.1) is 0 Å². The fourth-order valence-electron chi connectivity index (χ4n) is 1.28. The zero-order valence-corrected chi connectivity index (χ0v) is 8.13. The second-order valence-electron chi connectivity index (χ2n) is 2.91. The molecule has 5 nitrogen and oxygen atoms in total. The molecule has 1 aromatic rings. The highest BCUT2D eigenvalue weighted by Gasteiger charge is 2.18. The van der Waals surface area contributed by atoms with Gasteiger partial charge in [0.25, 0.3) is 0 Å². The fraction of sp³-hybridized carbons (Fsp3) is 0.625. The van der Waals surface area contributed by atoms with Gasteiger partial charge in [-0.25, -0.2) is 0 Å². The van der Waals surface area contributed by atoms with Crippen molar-refractivity contribution in [3.8, 4) is 0 Å². The van der Waals surface area contributed by atoms with E-state index in [1.807, 2.05) is 18.5 Å². The predicted octanol–water partition coefficient (Wildman–Crippen LogP) is 0.963. The average Bonchev–Trinajstić information content (AvgIpc) is 2.38. The number of nitrogens with one attached hydrogen (secondary N) is 1. The van der Waals surface area contributed by atoms with Crippen molar-refractivity contribution >= 4 is 5.69 Å². The third-order valence-corrected chi connectivity index (χ3v) is 2.02. The van der Waals surface area contributed by atoms with Crippen LogP contribution in [0.25, 0.3) is 0 Å². The van der Waals surface area contributed by atoms with E-state index in [0.29, 0.717) is 18.8 Å². The molecule has 0 saturated heterocycles. The first-order chi connectivity index (χ1) is 6.20. The van der Waals surface area contributed by atoms with Crippen LogP contribution in [0.3, 0.4) is 0 Å². The van der Waals surface area contributed by atoms with Crippen LogP contribution in [0.5, 0.6) is 0 Å². The second-order valence-corrected chi connectivity index (χ2v) is 2.91. The van der Waals surface area contributed by atoms with E-state index in [2.05, 4.69) is 10.3 Å². The van der Waals surface area contributed by atoms with Crippen LogP contribution in [0, 0.1) is 18.8 Å². The van der Waals surface area contributed by atoms with E-state index in [-0.39, 0.29) is 0 Å². The highest BCUT2D eigenvalue weighted by Crippen LogP contribution is 2.17. The van der Waals surface area contributed by atoms with Gasteiger partial charge in [0.1, 0.15) is 12.3 Å². The first-order valence-corrected chi connectivity index (χ1v) is 4.12. The van der Waals surface area contributed by atoms with E-state index in [9.17, 15) is 4.91 Å². The van der Waals surface area contributed by atoms with Crippen molar-refractivity contribution in [2.45, 2.75) is 20.4 Å². The monoisotopic (exact) mass is 184 g/mol. The highest BCUT2D eigenvalue weighted by atomic mass is 16.5. The lowest BCUT2D eigenvalue weighted by Gasteiger charge is -1.92. The number of aromatic amines is 1. The quantitative estimate of drug-likeness (QED) is 0.559. The van der Waals surface area contributed by atoms with Crippen molar-refractivity contribution in [3.63, 3.8) is 0 Å². The molecule has 0 radical (unpaired) electrons. The van der Waals surface area contributed by atoms with Gasteiger partial charge >= 0.3 is 0 Å². The summed E-state index contributed by atoms with van der Waals surface area (Å²) in [4.78, 5) is 10.4. The van der Waals surface area contributed by atoms with Crippen molar-refractivity contribution < 1.29 is 9.42 Å². The van der Waals surface area contributed by atoms with Gasteiger partial charge in [-0.15, -0.1) is 9.59 Å². The largest absolute Gasteiger partial charge is 0.378 e. The summed E-state index contributed by atoms with van der Waals surface area (Å²) in [6.45, 7) is 5.01. The summed E-state index contributed by atoms with van der Waals surface area (Å²) in [5.41, 5.74) is 2.14. The molecule has 0 spiro atoms. The van der Waals surface area contributed by atoms with E-state index in [1.165, 1.54) is 0 Å². The Morgan fingerprint density at radius 1 is 1.54 bits per heavy atom. The molecule has 5 heteroatoms. The summed E-state index contributed by atoms with van der Waals surface area (Å²) < 4.78 is 6.79. The summed E-state index contributed by atoms with van der Waals surface area (Å²) in [5, 5.41) is 6.00. The van der Waals surface area contributed by atoms with Crippen LogP contribution >= 0.6 is 0 Å². The molecule has 13 heavy (non-hydrogen) atoms. The molecule has 0 saturated carbocycles. The van der Waals surface area contributed by atoms with Gasteiger partial charge < -0.3 is 4.74 Å².